The van der Waals surface area contributed by atoms with E-state index in [1.165, 1.54) is 0 Å². The number of nitrogens with zero attached hydrogens (tertiary/aromatic N) is 6. The van der Waals surface area contributed by atoms with Crippen molar-refractivity contribution in [3.8, 4) is 17.1 Å². The molecule has 0 aliphatic carbocycles. The molecule has 2 aliphatic rings. The maximum atomic E-state index is 6.88. The lowest BCUT2D eigenvalue weighted by Gasteiger charge is -2.26. The summed E-state index contributed by atoms with van der Waals surface area (Å²) in [4.78, 5) is 21.3. The number of pyridine rings is 1. The lowest BCUT2D eigenvalue weighted by atomic mass is 10.1. The second kappa shape index (κ2) is 12.5. The van der Waals surface area contributed by atoms with E-state index in [2.05, 4.69) is 48.0 Å². The summed E-state index contributed by atoms with van der Waals surface area (Å²) in [6.07, 6.45) is 5.27. The van der Waals surface area contributed by atoms with Gasteiger partial charge in [0.15, 0.2) is 17.0 Å². The van der Waals surface area contributed by atoms with Crippen molar-refractivity contribution in [2.45, 2.75) is 32.4 Å². The molecule has 2 N–H and O–H groups in total. The first-order valence-corrected chi connectivity index (χ1v) is 14.3. The number of anilines is 1. The van der Waals surface area contributed by atoms with E-state index < -0.39 is 0 Å². The van der Waals surface area contributed by atoms with E-state index in [-0.39, 0.29) is 6.04 Å². The first kappa shape index (κ1) is 26.9. The fraction of sp³-hybridized carbons (Fsp3) is 0.448. The van der Waals surface area contributed by atoms with Crippen LogP contribution in [0.1, 0.15) is 24.1 Å². The Kier molecular flexibility index (Phi) is 8.38. The van der Waals surface area contributed by atoms with E-state index in [0.717, 1.165) is 92.8 Å². The number of nitrogens with one attached hydrogen (secondary N) is 2. The molecule has 0 bridgehead atoms. The van der Waals surface area contributed by atoms with Gasteiger partial charge in [-0.3, -0.25) is 9.88 Å². The van der Waals surface area contributed by atoms with Crippen LogP contribution in [0.2, 0.25) is 5.02 Å². The minimum absolute atomic E-state index is 0.278. The van der Waals surface area contributed by atoms with Crippen molar-refractivity contribution in [3.63, 3.8) is 0 Å². The number of piperazine rings is 1. The van der Waals surface area contributed by atoms with Gasteiger partial charge in [-0.1, -0.05) is 11.6 Å². The first-order chi connectivity index (χ1) is 19.6. The highest BCUT2D eigenvalue weighted by Gasteiger charge is 2.22. The lowest BCUT2D eigenvalue weighted by Crippen LogP contribution is -2.44. The predicted octanol–water partition coefficient (Wildman–Crippen LogP) is 3.77. The van der Waals surface area contributed by atoms with Crippen LogP contribution in [0.25, 0.3) is 22.6 Å². The largest absolute Gasteiger partial charge is 0.492 e. The summed E-state index contributed by atoms with van der Waals surface area (Å²) in [5.41, 5.74) is 4.31. The van der Waals surface area contributed by atoms with Gasteiger partial charge in [0.1, 0.15) is 24.5 Å². The minimum atomic E-state index is 0.278. The van der Waals surface area contributed by atoms with Gasteiger partial charge in [0.2, 0.25) is 0 Å². The topological polar surface area (TPSA) is 102 Å². The Bertz CT molecular complexity index is 1450. The van der Waals surface area contributed by atoms with Crippen LogP contribution in [0, 0.1) is 6.92 Å². The molecule has 0 unspecified atom stereocenters. The van der Waals surface area contributed by atoms with Crippen LogP contribution in [-0.2, 0) is 11.3 Å². The standard InChI is InChI=1S/C29H35ClN8O2/c1-20-4-7-32-22(16-20)18-38-28(36-26-27(33-19-34-29(26)38)35-21-5-13-39-14-6-21)24-3-2-23(17-25(24)30)40-15-12-37-10-8-31-9-11-37/h2-4,7,16-17,19,21,31H,5-6,8-15,18H2,1H3,(H,33,34,35). The van der Waals surface area contributed by atoms with Crippen molar-refractivity contribution in [1.82, 2.24) is 34.7 Å². The number of imidazole rings is 1. The fourth-order valence-corrected chi connectivity index (χ4v) is 5.53. The second-order valence-electron chi connectivity index (χ2n) is 10.4. The molecule has 0 spiro atoms. The van der Waals surface area contributed by atoms with E-state index >= 15 is 0 Å². The van der Waals surface area contributed by atoms with Crippen LogP contribution >= 0.6 is 11.6 Å². The van der Waals surface area contributed by atoms with Gasteiger partial charge in [0.05, 0.1) is 17.3 Å². The van der Waals surface area contributed by atoms with Crippen molar-refractivity contribution < 1.29 is 9.47 Å². The van der Waals surface area contributed by atoms with Crippen molar-refractivity contribution in [2.75, 3.05) is 57.9 Å². The number of hydrogen-bond donors (Lipinski definition) is 2. The molecule has 5 heterocycles. The van der Waals surface area contributed by atoms with Gasteiger partial charge in [-0.25, -0.2) is 15.0 Å². The smallest absolute Gasteiger partial charge is 0.166 e. The number of ether oxygens (including phenoxy) is 2. The zero-order valence-corrected chi connectivity index (χ0v) is 23.5. The van der Waals surface area contributed by atoms with E-state index in [1.807, 2.05) is 30.5 Å². The average Bonchev–Trinajstić information content (AvgIpc) is 3.33. The van der Waals surface area contributed by atoms with Gasteiger partial charge in [-0.15, -0.1) is 0 Å². The summed E-state index contributed by atoms with van der Waals surface area (Å²) in [5.74, 6) is 2.18. The highest BCUT2D eigenvalue weighted by atomic mass is 35.5. The van der Waals surface area contributed by atoms with Crippen LogP contribution in [-0.4, -0.2) is 88.0 Å². The number of rotatable bonds is 9. The molecule has 0 saturated carbocycles. The molecule has 6 rings (SSSR count). The Balaban J connectivity index is 1.31. The average molecular weight is 563 g/mol. The maximum absolute atomic E-state index is 6.88. The maximum Gasteiger partial charge on any atom is 0.166 e. The predicted molar refractivity (Wildman–Crippen MR) is 156 cm³/mol. The van der Waals surface area contributed by atoms with Crippen LogP contribution in [0.5, 0.6) is 5.75 Å². The van der Waals surface area contributed by atoms with E-state index in [4.69, 9.17) is 26.1 Å². The molecule has 2 saturated heterocycles. The lowest BCUT2D eigenvalue weighted by molar-refractivity contribution is 0.0904. The molecule has 2 aliphatic heterocycles. The molecule has 1 aromatic carbocycles. The van der Waals surface area contributed by atoms with Gasteiger partial charge in [0, 0.05) is 63.7 Å². The van der Waals surface area contributed by atoms with Crippen LogP contribution in [0.3, 0.4) is 0 Å². The Labute approximate surface area is 239 Å². The second-order valence-corrected chi connectivity index (χ2v) is 10.8. The summed E-state index contributed by atoms with van der Waals surface area (Å²) < 4.78 is 13.7. The molecule has 40 heavy (non-hydrogen) atoms. The molecule has 10 nitrogen and oxygen atoms in total. The number of aryl methyl sites for hydroxylation is 1. The van der Waals surface area contributed by atoms with Crippen molar-refractivity contribution in [2.24, 2.45) is 0 Å². The molecule has 4 aromatic rings. The molecule has 0 amide bonds. The van der Waals surface area contributed by atoms with Crippen LogP contribution < -0.4 is 15.4 Å². The summed E-state index contributed by atoms with van der Waals surface area (Å²) in [7, 11) is 0. The summed E-state index contributed by atoms with van der Waals surface area (Å²) in [5, 5.41) is 7.53. The third-order valence-electron chi connectivity index (χ3n) is 7.45. The minimum Gasteiger partial charge on any atom is -0.492 e. The first-order valence-electron chi connectivity index (χ1n) is 14.0. The van der Waals surface area contributed by atoms with Crippen molar-refractivity contribution in [1.29, 1.82) is 0 Å². The molecule has 0 radical (unpaired) electrons. The van der Waals surface area contributed by atoms with Gasteiger partial charge in [-0.05, 0) is 55.7 Å². The Hall–Kier alpha value is -3.31. The highest BCUT2D eigenvalue weighted by molar-refractivity contribution is 6.33. The zero-order chi connectivity index (χ0) is 27.3. The van der Waals surface area contributed by atoms with Crippen molar-refractivity contribution >= 4 is 28.6 Å². The number of hydrogen-bond acceptors (Lipinski definition) is 9. The Morgan fingerprint density at radius 3 is 2.75 bits per heavy atom. The van der Waals surface area contributed by atoms with E-state index in [1.54, 1.807) is 6.33 Å². The highest BCUT2D eigenvalue weighted by Crippen LogP contribution is 2.34. The molecular weight excluding hydrogens is 528 g/mol. The zero-order valence-electron chi connectivity index (χ0n) is 22.8. The Morgan fingerprint density at radius 2 is 1.95 bits per heavy atom. The fourth-order valence-electron chi connectivity index (χ4n) is 5.27. The molecule has 0 atom stereocenters. The number of aromatic nitrogens is 5. The quantitative estimate of drug-likeness (QED) is 0.315. The monoisotopic (exact) mass is 562 g/mol. The van der Waals surface area contributed by atoms with E-state index in [0.29, 0.717) is 29.5 Å². The SMILES string of the molecule is Cc1ccnc(Cn2c(-c3ccc(OCCN4CCNCC4)cc3Cl)nc3c(NC4CCOCC4)ncnc32)c1. The summed E-state index contributed by atoms with van der Waals surface area (Å²) in [6, 6.07) is 10.2. The van der Waals surface area contributed by atoms with Gasteiger partial charge < -0.3 is 24.7 Å². The summed E-state index contributed by atoms with van der Waals surface area (Å²) >= 11 is 6.88. The van der Waals surface area contributed by atoms with Crippen molar-refractivity contribution in [3.05, 3.63) is 59.1 Å². The van der Waals surface area contributed by atoms with Gasteiger partial charge >= 0.3 is 0 Å². The molecule has 2 fully saturated rings. The Morgan fingerprint density at radius 1 is 1.10 bits per heavy atom. The summed E-state index contributed by atoms with van der Waals surface area (Å²) in [6.45, 7) is 9.69. The molecular formula is C29H35ClN8O2. The molecule has 210 valence electrons. The number of benzene rings is 1. The van der Waals surface area contributed by atoms with E-state index in [9.17, 15) is 0 Å². The van der Waals surface area contributed by atoms with Gasteiger partial charge in [0.25, 0.3) is 0 Å². The number of fused-ring (bicyclic) bond motifs is 1. The molecule has 11 heteroatoms. The van der Waals surface area contributed by atoms with Crippen LogP contribution in [0.4, 0.5) is 5.82 Å². The van der Waals surface area contributed by atoms with Gasteiger partial charge in [-0.2, -0.15) is 0 Å². The molecule has 3 aromatic heterocycles. The normalized spacial score (nSPS) is 16.9. The number of halogens is 1. The third-order valence-corrected chi connectivity index (χ3v) is 7.77. The third kappa shape index (κ3) is 6.20. The van der Waals surface area contributed by atoms with Crippen LogP contribution in [0.15, 0.2) is 42.9 Å².